The molecule has 0 saturated carbocycles. The molecule has 0 atom stereocenters. The van der Waals surface area contributed by atoms with E-state index >= 15 is 0 Å². The van der Waals surface area contributed by atoms with Crippen LogP contribution in [-0.2, 0) is 6.18 Å². The molecule has 7 heteroatoms. The molecule has 4 nitrogen and oxygen atoms in total. The maximum absolute atomic E-state index is 12.5. The molecule has 2 N–H and O–H groups in total. The Morgan fingerprint density at radius 2 is 2.00 bits per heavy atom. The molecule has 1 amide bonds. The molecule has 0 aliphatic carbocycles. The minimum absolute atomic E-state index is 0.0606. The molecule has 2 heterocycles. The Bertz CT molecular complexity index is 496. The van der Waals surface area contributed by atoms with Crippen LogP contribution in [0.5, 0.6) is 0 Å². The van der Waals surface area contributed by atoms with Crippen molar-refractivity contribution in [3.8, 4) is 0 Å². The van der Waals surface area contributed by atoms with E-state index in [2.05, 4.69) is 15.6 Å². The summed E-state index contributed by atoms with van der Waals surface area (Å²) in [5, 5.41) is 6.01. The van der Waals surface area contributed by atoms with E-state index in [0.717, 1.165) is 32.0 Å². The smallest absolute Gasteiger partial charge is 0.349 e. The van der Waals surface area contributed by atoms with Gasteiger partial charge in [-0.25, -0.2) is 4.98 Å². The Morgan fingerprint density at radius 1 is 1.35 bits per heavy atom. The SMILES string of the molecule is Cc1nc(C(F)(F)F)ccc1C(=O)NC1CCNCC1. The van der Waals surface area contributed by atoms with Gasteiger partial charge in [0, 0.05) is 6.04 Å². The Hall–Kier alpha value is -1.63. The average Bonchev–Trinajstić information content (AvgIpc) is 2.38. The molecule has 0 radical (unpaired) electrons. The van der Waals surface area contributed by atoms with Crippen LogP contribution in [-0.4, -0.2) is 30.0 Å². The molecule has 0 spiro atoms. The molecular formula is C13H16F3N3O. The van der Waals surface area contributed by atoms with Crippen molar-refractivity contribution in [2.24, 2.45) is 0 Å². The van der Waals surface area contributed by atoms with Crippen LogP contribution in [0, 0.1) is 6.92 Å². The Balaban J connectivity index is 2.10. The second kappa shape index (κ2) is 5.78. The third kappa shape index (κ3) is 3.47. The van der Waals surface area contributed by atoms with Gasteiger partial charge in [0.25, 0.3) is 5.91 Å². The summed E-state index contributed by atoms with van der Waals surface area (Å²) in [5.74, 6) is -0.365. The molecule has 1 fully saturated rings. The summed E-state index contributed by atoms with van der Waals surface area (Å²) in [6, 6.07) is 2.08. The molecular weight excluding hydrogens is 271 g/mol. The van der Waals surface area contributed by atoms with E-state index < -0.39 is 11.9 Å². The number of aromatic nitrogens is 1. The van der Waals surface area contributed by atoms with Crippen LogP contribution < -0.4 is 10.6 Å². The third-order valence-electron chi connectivity index (χ3n) is 3.30. The van der Waals surface area contributed by atoms with Crippen molar-refractivity contribution in [3.05, 3.63) is 29.1 Å². The van der Waals surface area contributed by atoms with Crippen LogP contribution in [0.15, 0.2) is 12.1 Å². The summed E-state index contributed by atoms with van der Waals surface area (Å²) < 4.78 is 37.5. The van der Waals surface area contributed by atoms with Gasteiger partial charge in [0.1, 0.15) is 5.69 Å². The highest BCUT2D eigenvalue weighted by molar-refractivity contribution is 5.95. The molecule has 110 valence electrons. The van der Waals surface area contributed by atoms with Crippen LogP contribution in [0.4, 0.5) is 13.2 Å². The minimum atomic E-state index is -4.49. The number of hydrogen-bond acceptors (Lipinski definition) is 3. The van der Waals surface area contributed by atoms with E-state index in [4.69, 9.17) is 0 Å². The predicted octanol–water partition coefficient (Wildman–Crippen LogP) is 1.89. The second-order valence-corrected chi connectivity index (χ2v) is 4.82. The number of halogens is 3. The van der Waals surface area contributed by atoms with Crippen molar-refractivity contribution in [3.63, 3.8) is 0 Å². The summed E-state index contributed by atoms with van der Waals surface area (Å²) >= 11 is 0. The highest BCUT2D eigenvalue weighted by Gasteiger charge is 2.33. The molecule has 1 saturated heterocycles. The summed E-state index contributed by atoms with van der Waals surface area (Å²) in [7, 11) is 0. The lowest BCUT2D eigenvalue weighted by Gasteiger charge is -2.24. The molecule has 0 bridgehead atoms. The summed E-state index contributed by atoms with van der Waals surface area (Å²) in [4.78, 5) is 15.5. The lowest BCUT2D eigenvalue weighted by atomic mass is 10.1. The van der Waals surface area contributed by atoms with Crippen LogP contribution in [0.2, 0.25) is 0 Å². The number of rotatable bonds is 2. The Morgan fingerprint density at radius 3 is 2.55 bits per heavy atom. The zero-order valence-electron chi connectivity index (χ0n) is 11.0. The van der Waals surface area contributed by atoms with Crippen molar-refractivity contribution in [2.75, 3.05) is 13.1 Å². The summed E-state index contributed by atoms with van der Waals surface area (Å²) in [5.41, 5.74) is -0.698. The first-order chi connectivity index (χ1) is 9.38. The van der Waals surface area contributed by atoms with Gasteiger partial charge in [-0.1, -0.05) is 0 Å². The highest BCUT2D eigenvalue weighted by atomic mass is 19.4. The molecule has 1 aliphatic heterocycles. The number of nitrogens with zero attached hydrogens (tertiary/aromatic N) is 1. The maximum atomic E-state index is 12.5. The number of amides is 1. The molecule has 0 unspecified atom stereocenters. The predicted molar refractivity (Wildman–Crippen MR) is 67.3 cm³/mol. The Kier molecular flexibility index (Phi) is 4.27. The van der Waals surface area contributed by atoms with Gasteiger partial charge in [-0.3, -0.25) is 4.79 Å². The van der Waals surface area contributed by atoms with E-state index in [9.17, 15) is 18.0 Å². The monoisotopic (exact) mass is 287 g/mol. The van der Waals surface area contributed by atoms with Crippen LogP contribution in [0.25, 0.3) is 0 Å². The van der Waals surface area contributed by atoms with E-state index in [0.29, 0.717) is 0 Å². The van der Waals surface area contributed by atoms with E-state index in [1.54, 1.807) is 0 Å². The summed E-state index contributed by atoms with van der Waals surface area (Å²) in [6.45, 7) is 3.07. The van der Waals surface area contributed by atoms with Gasteiger partial charge in [-0.2, -0.15) is 13.2 Å². The summed E-state index contributed by atoms with van der Waals surface area (Å²) in [6.07, 6.45) is -2.85. The fourth-order valence-electron chi connectivity index (χ4n) is 2.19. The van der Waals surface area contributed by atoms with Gasteiger partial charge >= 0.3 is 6.18 Å². The number of piperidine rings is 1. The first kappa shape index (κ1) is 14.8. The molecule has 0 aromatic carbocycles. The second-order valence-electron chi connectivity index (χ2n) is 4.82. The fourth-order valence-corrected chi connectivity index (χ4v) is 2.19. The lowest BCUT2D eigenvalue weighted by molar-refractivity contribution is -0.141. The van der Waals surface area contributed by atoms with Gasteiger partial charge < -0.3 is 10.6 Å². The van der Waals surface area contributed by atoms with Crippen molar-refractivity contribution in [1.82, 2.24) is 15.6 Å². The fraction of sp³-hybridized carbons (Fsp3) is 0.538. The van der Waals surface area contributed by atoms with E-state index in [1.807, 2.05) is 0 Å². The van der Waals surface area contributed by atoms with Crippen molar-refractivity contribution >= 4 is 5.91 Å². The molecule has 20 heavy (non-hydrogen) atoms. The minimum Gasteiger partial charge on any atom is -0.349 e. The first-order valence-corrected chi connectivity index (χ1v) is 6.44. The topological polar surface area (TPSA) is 54.0 Å². The quantitative estimate of drug-likeness (QED) is 0.873. The van der Waals surface area contributed by atoms with Crippen molar-refractivity contribution in [2.45, 2.75) is 32.0 Å². The number of alkyl halides is 3. The molecule has 1 aromatic heterocycles. The first-order valence-electron chi connectivity index (χ1n) is 6.44. The number of hydrogen-bond donors (Lipinski definition) is 2. The van der Waals surface area contributed by atoms with Crippen molar-refractivity contribution in [1.29, 1.82) is 0 Å². The standard InChI is InChI=1S/C13H16F3N3O/c1-8-10(2-3-11(18-8)13(14,15)16)12(20)19-9-4-6-17-7-5-9/h2-3,9,17H,4-7H2,1H3,(H,19,20). The molecule has 2 rings (SSSR count). The largest absolute Gasteiger partial charge is 0.433 e. The third-order valence-corrected chi connectivity index (χ3v) is 3.30. The van der Waals surface area contributed by atoms with Gasteiger partial charge in [-0.05, 0) is 45.0 Å². The highest BCUT2D eigenvalue weighted by Crippen LogP contribution is 2.28. The van der Waals surface area contributed by atoms with Crippen LogP contribution in [0.3, 0.4) is 0 Å². The van der Waals surface area contributed by atoms with Gasteiger partial charge in [0.05, 0.1) is 11.3 Å². The zero-order valence-corrected chi connectivity index (χ0v) is 11.0. The number of pyridine rings is 1. The number of aryl methyl sites for hydroxylation is 1. The maximum Gasteiger partial charge on any atom is 0.433 e. The Labute approximate surface area is 114 Å². The van der Waals surface area contributed by atoms with Crippen molar-refractivity contribution < 1.29 is 18.0 Å². The van der Waals surface area contributed by atoms with Gasteiger partial charge in [-0.15, -0.1) is 0 Å². The number of nitrogens with one attached hydrogen (secondary N) is 2. The number of carbonyl (C=O) groups excluding carboxylic acids is 1. The van der Waals surface area contributed by atoms with Gasteiger partial charge in [0.15, 0.2) is 0 Å². The normalized spacial score (nSPS) is 17.0. The number of carbonyl (C=O) groups is 1. The lowest BCUT2D eigenvalue weighted by Crippen LogP contribution is -2.42. The van der Waals surface area contributed by atoms with E-state index in [1.165, 1.54) is 13.0 Å². The average molecular weight is 287 g/mol. The molecule has 1 aromatic rings. The van der Waals surface area contributed by atoms with Gasteiger partial charge in [0.2, 0.25) is 0 Å². The van der Waals surface area contributed by atoms with Crippen LogP contribution in [0.1, 0.15) is 34.6 Å². The zero-order chi connectivity index (χ0) is 14.8. The van der Waals surface area contributed by atoms with E-state index in [-0.39, 0.29) is 23.2 Å². The molecule has 1 aliphatic rings. The van der Waals surface area contributed by atoms with Crippen LogP contribution >= 0.6 is 0 Å².